The quantitative estimate of drug-likeness (QED) is 0.158. The molecule has 2 heteroatoms. The molecule has 1 spiro atoms. The lowest BCUT2D eigenvalue weighted by Crippen LogP contribution is -2.27. The van der Waals surface area contributed by atoms with Crippen LogP contribution in [0.15, 0.2) is 271 Å². The number of fused-ring (bicyclic) bond motifs is 15. The third-order valence-corrected chi connectivity index (χ3v) is 17.5. The third kappa shape index (κ3) is 6.42. The van der Waals surface area contributed by atoms with E-state index in [1.54, 1.807) is 0 Å². The van der Waals surface area contributed by atoms with E-state index in [9.17, 15) is 0 Å². The number of anilines is 2. The van der Waals surface area contributed by atoms with Gasteiger partial charge in [0, 0.05) is 33.5 Å². The average molecular weight is 986 g/mol. The van der Waals surface area contributed by atoms with Crippen LogP contribution in [0.25, 0.3) is 77.2 Å². The summed E-state index contributed by atoms with van der Waals surface area (Å²) < 4.78 is 6.98. The minimum absolute atomic E-state index is 0.0112. The van der Waals surface area contributed by atoms with Crippen molar-refractivity contribution in [3.8, 4) is 33.4 Å². The topological polar surface area (TPSA) is 16.4 Å². The largest absolute Gasteiger partial charge is 0.454 e. The number of hydrogen-bond donors (Lipinski definition) is 0. The lowest BCUT2D eigenvalue weighted by Gasteiger charge is -2.35. The van der Waals surface area contributed by atoms with Crippen molar-refractivity contribution in [3.63, 3.8) is 0 Å². The highest BCUT2D eigenvalue weighted by molar-refractivity contribution is 6.11. The van der Waals surface area contributed by atoms with E-state index in [0.29, 0.717) is 0 Å². The van der Waals surface area contributed by atoms with E-state index in [-0.39, 0.29) is 11.3 Å². The minimum atomic E-state index is -0.593. The number of hydrogen-bond acceptors (Lipinski definition) is 2. The molecule has 1 aromatic heterocycles. The van der Waals surface area contributed by atoms with Crippen molar-refractivity contribution in [3.05, 3.63) is 311 Å². The maximum atomic E-state index is 6.98. The normalized spacial score (nSPS) is 18.6. The summed E-state index contributed by atoms with van der Waals surface area (Å²) in [6, 6.07) is 80.9. The first-order valence-electron chi connectivity index (χ1n) is 27.2. The van der Waals surface area contributed by atoms with Gasteiger partial charge < -0.3 is 9.32 Å². The summed E-state index contributed by atoms with van der Waals surface area (Å²) in [5.41, 5.74) is 26.0. The molecule has 0 N–H and O–H groups in total. The van der Waals surface area contributed by atoms with Crippen molar-refractivity contribution in [2.45, 2.75) is 43.9 Å². The first kappa shape index (κ1) is 45.2. The van der Waals surface area contributed by atoms with Gasteiger partial charge in [-0.15, -0.1) is 0 Å². The van der Waals surface area contributed by atoms with Crippen LogP contribution >= 0.6 is 0 Å². The van der Waals surface area contributed by atoms with Crippen LogP contribution in [0.2, 0.25) is 0 Å². The van der Waals surface area contributed by atoms with E-state index < -0.39 is 5.41 Å². The molecule has 0 fully saturated rings. The Balaban J connectivity index is 1.06. The summed E-state index contributed by atoms with van der Waals surface area (Å²) >= 11 is 0. The predicted octanol–water partition coefficient (Wildman–Crippen LogP) is 19.8. The van der Waals surface area contributed by atoms with Crippen molar-refractivity contribution in [1.82, 2.24) is 0 Å². The SMILES string of the molecule is C=C/C=C1\C(=C/C)c2ccccc2C12c1ccccc1-c1c2cc(C2=CC(c3cccc4ccccc34)CC(N(c3ccc(-c4ccccc4)cc3)c3cccc4c3oc3ccccc34)=C2)c2c1-c1ccccc1C2(C)C. The van der Waals surface area contributed by atoms with Crippen LogP contribution in [0.1, 0.15) is 77.6 Å². The molecular weight excluding hydrogens is 931 g/mol. The molecule has 0 saturated heterocycles. The first-order valence-corrected chi connectivity index (χ1v) is 27.2. The van der Waals surface area contributed by atoms with Gasteiger partial charge in [0.15, 0.2) is 5.58 Å². The van der Waals surface area contributed by atoms with E-state index in [0.717, 1.165) is 39.7 Å². The Hall–Kier alpha value is -9.24. The van der Waals surface area contributed by atoms with Crippen molar-refractivity contribution >= 4 is 55.2 Å². The molecule has 2 atom stereocenters. The number of para-hydroxylation sites is 2. The highest BCUT2D eigenvalue weighted by Crippen LogP contribution is 2.68. The monoisotopic (exact) mass is 985 g/mol. The predicted molar refractivity (Wildman–Crippen MR) is 323 cm³/mol. The maximum absolute atomic E-state index is 6.98. The molecule has 366 valence electrons. The second kappa shape index (κ2) is 17.1. The maximum Gasteiger partial charge on any atom is 0.159 e. The molecule has 0 saturated carbocycles. The molecule has 4 aliphatic carbocycles. The number of allylic oxidation sites excluding steroid dienone is 9. The molecule has 0 aliphatic heterocycles. The zero-order chi connectivity index (χ0) is 51.6. The molecule has 15 rings (SSSR count). The fourth-order valence-electron chi connectivity index (χ4n) is 14.4. The molecule has 0 radical (unpaired) electrons. The Labute approximate surface area is 450 Å². The molecule has 77 heavy (non-hydrogen) atoms. The van der Waals surface area contributed by atoms with Crippen LogP contribution in [0.5, 0.6) is 0 Å². The minimum Gasteiger partial charge on any atom is -0.454 e. The molecule has 11 aromatic rings. The fraction of sp³-hybridized carbons (Fsp3) is 0.0933. The van der Waals surface area contributed by atoms with Crippen molar-refractivity contribution < 1.29 is 4.42 Å². The number of rotatable bonds is 7. The summed E-state index contributed by atoms with van der Waals surface area (Å²) in [5, 5.41) is 4.73. The van der Waals surface area contributed by atoms with Gasteiger partial charge in [-0.2, -0.15) is 0 Å². The number of nitrogens with zero attached hydrogens (tertiary/aromatic N) is 1. The van der Waals surface area contributed by atoms with Crippen LogP contribution in [-0.4, -0.2) is 0 Å². The zero-order valence-corrected chi connectivity index (χ0v) is 43.5. The molecular formula is C75H55NO. The van der Waals surface area contributed by atoms with Gasteiger partial charge in [0.1, 0.15) is 5.58 Å². The Morgan fingerprint density at radius 3 is 1.96 bits per heavy atom. The van der Waals surface area contributed by atoms with Crippen molar-refractivity contribution in [1.29, 1.82) is 0 Å². The summed E-state index contributed by atoms with van der Waals surface area (Å²) in [7, 11) is 0. The van der Waals surface area contributed by atoms with Gasteiger partial charge >= 0.3 is 0 Å². The van der Waals surface area contributed by atoms with Crippen LogP contribution in [0.4, 0.5) is 11.4 Å². The third-order valence-electron chi connectivity index (χ3n) is 17.5. The lowest BCUT2D eigenvalue weighted by molar-refractivity contribution is 0.657. The summed E-state index contributed by atoms with van der Waals surface area (Å²) in [4.78, 5) is 2.51. The van der Waals surface area contributed by atoms with Crippen LogP contribution < -0.4 is 4.90 Å². The molecule has 0 bridgehead atoms. The average Bonchev–Trinajstić information content (AvgIpc) is 4.37. The number of benzene rings is 10. The van der Waals surface area contributed by atoms with Gasteiger partial charge in [0.2, 0.25) is 0 Å². The van der Waals surface area contributed by atoms with E-state index in [2.05, 4.69) is 275 Å². The summed E-state index contributed by atoms with van der Waals surface area (Å²) in [5.74, 6) is 0.0112. The number of furan rings is 1. The summed E-state index contributed by atoms with van der Waals surface area (Å²) in [6.45, 7) is 11.5. The standard InChI is InChI=1S/C75H55NO/c1-5-22-64-54(6-2)57-28-12-17-35-65(57)75(64)66-36-18-14-31-61(66)70-67(75)46-62(72-71(70)60-30-13-16-34-63(60)74(72,3)4)51-43-50(56-32-20-26-49-25-10-11-27-55(49)56)44-53(45-51)76(52-41-39-48(40-42-52)47-23-8-7-9-24-47)68-37-21-33-59-58-29-15-19-38-69(58)77-73(59)68/h5-43,45-46,50H,1,44H2,2-4H3/b54-6-,64-22+. The molecule has 4 aliphatic rings. The fourth-order valence-corrected chi connectivity index (χ4v) is 14.4. The van der Waals surface area contributed by atoms with Crippen molar-refractivity contribution in [2.75, 3.05) is 4.90 Å². The van der Waals surface area contributed by atoms with Gasteiger partial charge in [-0.3, -0.25) is 0 Å². The molecule has 10 aromatic carbocycles. The Bertz CT molecular complexity index is 4410. The van der Waals surface area contributed by atoms with E-state index in [1.807, 2.05) is 6.08 Å². The van der Waals surface area contributed by atoms with Gasteiger partial charge in [0.05, 0.1) is 11.1 Å². The van der Waals surface area contributed by atoms with Crippen molar-refractivity contribution in [2.24, 2.45) is 0 Å². The highest BCUT2D eigenvalue weighted by Gasteiger charge is 2.55. The highest BCUT2D eigenvalue weighted by atomic mass is 16.3. The first-order chi connectivity index (χ1) is 37.9. The Morgan fingerprint density at radius 2 is 1.18 bits per heavy atom. The molecule has 0 amide bonds. The van der Waals surface area contributed by atoms with Gasteiger partial charge in [0.25, 0.3) is 0 Å². The van der Waals surface area contributed by atoms with Crippen LogP contribution in [-0.2, 0) is 10.8 Å². The van der Waals surface area contributed by atoms with Gasteiger partial charge in [-0.25, -0.2) is 0 Å². The lowest BCUT2D eigenvalue weighted by atomic mass is 9.68. The zero-order valence-electron chi connectivity index (χ0n) is 43.5. The smallest absolute Gasteiger partial charge is 0.159 e. The van der Waals surface area contributed by atoms with Gasteiger partial charge in [-0.05, 0) is 155 Å². The second-order valence-electron chi connectivity index (χ2n) is 21.8. The van der Waals surface area contributed by atoms with E-state index >= 15 is 0 Å². The van der Waals surface area contributed by atoms with E-state index in [4.69, 9.17) is 4.42 Å². The second-order valence-corrected chi connectivity index (χ2v) is 21.8. The molecule has 2 unspecified atom stereocenters. The van der Waals surface area contributed by atoms with Crippen LogP contribution in [0.3, 0.4) is 0 Å². The Morgan fingerprint density at radius 1 is 0.558 bits per heavy atom. The molecule has 2 nitrogen and oxygen atoms in total. The summed E-state index contributed by atoms with van der Waals surface area (Å²) in [6.07, 6.45) is 12.5. The van der Waals surface area contributed by atoms with E-state index in [1.165, 1.54) is 111 Å². The molecule has 1 heterocycles. The Kier molecular flexibility index (Phi) is 10.1. The van der Waals surface area contributed by atoms with Gasteiger partial charge in [-0.1, -0.05) is 233 Å². The van der Waals surface area contributed by atoms with Crippen LogP contribution in [0, 0.1) is 0 Å².